The topological polar surface area (TPSA) is 30.2 Å². The predicted octanol–water partition coefficient (Wildman–Crippen LogP) is 1.55. The van der Waals surface area contributed by atoms with Crippen LogP contribution in [-0.4, -0.2) is 33.7 Å². The highest BCUT2D eigenvalue weighted by atomic mass is 16.1. The minimum absolute atomic E-state index is 0.147. The van der Waals surface area contributed by atoms with Crippen molar-refractivity contribution in [2.75, 3.05) is 19.6 Å². The lowest BCUT2D eigenvalue weighted by Gasteiger charge is -2.13. The molecule has 0 bridgehead atoms. The van der Waals surface area contributed by atoms with Crippen LogP contribution in [0.1, 0.15) is 32.6 Å². The Kier molecular flexibility index (Phi) is 4.42. The van der Waals surface area contributed by atoms with Gasteiger partial charge in [0.2, 0.25) is 0 Å². The van der Waals surface area contributed by atoms with Crippen molar-refractivity contribution in [3.05, 3.63) is 22.9 Å². The first-order valence-corrected chi connectivity index (χ1v) is 6.79. The number of hydrogen-bond donors (Lipinski definition) is 0. The molecule has 96 valence electrons. The fourth-order valence-electron chi connectivity index (χ4n) is 2.51. The molecule has 0 unspecified atom stereocenters. The van der Waals surface area contributed by atoms with Gasteiger partial charge < -0.3 is 4.90 Å². The highest BCUT2D eigenvalue weighted by Gasteiger charge is 2.10. The summed E-state index contributed by atoms with van der Waals surface area (Å²) in [4.78, 5) is 14.4. The Labute approximate surface area is 103 Å². The second-order valence-electron chi connectivity index (χ2n) is 4.87. The minimum atomic E-state index is 0.147. The SMILES string of the molecule is CCCn1ccn(CCCN2CCCC2)c1=O. The lowest BCUT2D eigenvalue weighted by molar-refractivity contribution is 0.324. The second-order valence-corrected chi connectivity index (χ2v) is 4.87. The van der Waals surface area contributed by atoms with E-state index in [0.717, 1.165) is 32.5 Å². The van der Waals surface area contributed by atoms with Gasteiger partial charge >= 0.3 is 5.69 Å². The van der Waals surface area contributed by atoms with E-state index in [4.69, 9.17) is 0 Å². The maximum absolute atomic E-state index is 11.9. The summed E-state index contributed by atoms with van der Waals surface area (Å²) in [7, 11) is 0. The third-order valence-electron chi connectivity index (χ3n) is 3.45. The van der Waals surface area contributed by atoms with Crippen molar-refractivity contribution in [2.45, 2.75) is 45.7 Å². The van der Waals surface area contributed by atoms with E-state index in [1.165, 1.54) is 25.9 Å². The first-order valence-electron chi connectivity index (χ1n) is 6.79. The van der Waals surface area contributed by atoms with Crippen LogP contribution < -0.4 is 5.69 Å². The molecule has 0 spiro atoms. The van der Waals surface area contributed by atoms with Gasteiger partial charge in [-0.2, -0.15) is 0 Å². The summed E-state index contributed by atoms with van der Waals surface area (Å²) in [5.74, 6) is 0. The molecule has 1 aliphatic heterocycles. The molecule has 0 saturated carbocycles. The Balaban J connectivity index is 1.80. The minimum Gasteiger partial charge on any atom is -0.303 e. The van der Waals surface area contributed by atoms with Crippen molar-refractivity contribution < 1.29 is 0 Å². The lowest BCUT2D eigenvalue weighted by atomic mass is 10.4. The van der Waals surface area contributed by atoms with E-state index in [-0.39, 0.29) is 5.69 Å². The molecule has 0 atom stereocenters. The van der Waals surface area contributed by atoms with E-state index in [1.54, 1.807) is 4.57 Å². The van der Waals surface area contributed by atoms with E-state index in [2.05, 4.69) is 11.8 Å². The number of rotatable bonds is 6. The highest BCUT2D eigenvalue weighted by Crippen LogP contribution is 2.07. The zero-order valence-electron chi connectivity index (χ0n) is 10.8. The molecule has 1 aromatic rings. The van der Waals surface area contributed by atoms with Gasteiger partial charge in [0.1, 0.15) is 0 Å². The average molecular weight is 237 g/mol. The van der Waals surface area contributed by atoms with Crippen LogP contribution in [0.25, 0.3) is 0 Å². The molecule has 1 fully saturated rings. The Morgan fingerprint density at radius 2 is 1.71 bits per heavy atom. The summed E-state index contributed by atoms with van der Waals surface area (Å²) in [6, 6.07) is 0. The molecule has 17 heavy (non-hydrogen) atoms. The van der Waals surface area contributed by atoms with E-state index in [1.807, 2.05) is 17.0 Å². The first-order chi connectivity index (χ1) is 8.31. The van der Waals surface area contributed by atoms with Crippen molar-refractivity contribution in [1.82, 2.24) is 14.0 Å². The van der Waals surface area contributed by atoms with Gasteiger partial charge in [-0.15, -0.1) is 0 Å². The van der Waals surface area contributed by atoms with Crippen LogP contribution in [0.15, 0.2) is 17.2 Å². The van der Waals surface area contributed by atoms with Crippen molar-refractivity contribution in [3.63, 3.8) is 0 Å². The fraction of sp³-hybridized carbons (Fsp3) is 0.769. The summed E-state index contributed by atoms with van der Waals surface area (Å²) in [6.07, 6.45) is 8.59. The van der Waals surface area contributed by atoms with Crippen LogP contribution in [-0.2, 0) is 13.1 Å². The Bertz CT molecular complexity index is 388. The normalized spacial score (nSPS) is 16.8. The molecule has 0 amide bonds. The van der Waals surface area contributed by atoms with Crippen LogP contribution in [0.5, 0.6) is 0 Å². The largest absolute Gasteiger partial charge is 0.328 e. The van der Waals surface area contributed by atoms with Crippen LogP contribution in [0.3, 0.4) is 0 Å². The van der Waals surface area contributed by atoms with Gasteiger partial charge in [-0.3, -0.25) is 9.13 Å². The highest BCUT2D eigenvalue weighted by molar-refractivity contribution is 4.81. The molecular weight excluding hydrogens is 214 g/mol. The molecule has 0 aliphatic carbocycles. The number of aryl methyl sites for hydroxylation is 2. The summed E-state index contributed by atoms with van der Waals surface area (Å²) >= 11 is 0. The van der Waals surface area contributed by atoms with Crippen LogP contribution in [0, 0.1) is 0 Å². The van der Waals surface area contributed by atoms with E-state index < -0.39 is 0 Å². The molecule has 2 rings (SSSR count). The molecule has 2 heterocycles. The summed E-state index contributed by atoms with van der Waals surface area (Å²) < 4.78 is 3.64. The van der Waals surface area contributed by atoms with Gasteiger partial charge in [0.15, 0.2) is 0 Å². The van der Waals surface area contributed by atoms with E-state index >= 15 is 0 Å². The second kappa shape index (κ2) is 6.05. The van der Waals surface area contributed by atoms with Gasteiger partial charge in [0.25, 0.3) is 0 Å². The standard InChI is InChI=1S/C13H23N3O/c1-2-6-15-11-12-16(13(15)17)10-5-9-14-7-3-4-8-14/h11-12H,2-10H2,1H3. The Morgan fingerprint density at radius 3 is 2.35 bits per heavy atom. The quantitative estimate of drug-likeness (QED) is 0.751. The number of nitrogens with zero attached hydrogens (tertiary/aromatic N) is 3. The molecular formula is C13H23N3O. The molecule has 4 nitrogen and oxygen atoms in total. The maximum atomic E-state index is 11.9. The summed E-state index contributed by atoms with van der Waals surface area (Å²) in [5, 5.41) is 0. The number of hydrogen-bond acceptors (Lipinski definition) is 2. The number of likely N-dealkylation sites (tertiary alicyclic amines) is 1. The van der Waals surface area contributed by atoms with Gasteiger partial charge in [0, 0.05) is 25.5 Å². The zero-order valence-corrected chi connectivity index (χ0v) is 10.8. The molecule has 0 radical (unpaired) electrons. The third kappa shape index (κ3) is 3.22. The smallest absolute Gasteiger partial charge is 0.303 e. The van der Waals surface area contributed by atoms with Gasteiger partial charge in [-0.05, 0) is 45.3 Å². The van der Waals surface area contributed by atoms with Crippen molar-refractivity contribution >= 4 is 0 Å². The number of aromatic nitrogens is 2. The van der Waals surface area contributed by atoms with Crippen molar-refractivity contribution in [1.29, 1.82) is 0 Å². The van der Waals surface area contributed by atoms with Crippen molar-refractivity contribution in [2.24, 2.45) is 0 Å². The average Bonchev–Trinajstić information content (AvgIpc) is 2.94. The fourth-order valence-corrected chi connectivity index (χ4v) is 2.51. The molecule has 1 saturated heterocycles. The predicted molar refractivity (Wildman–Crippen MR) is 69.3 cm³/mol. The monoisotopic (exact) mass is 237 g/mol. The van der Waals surface area contributed by atoms with E-state index in [0.29, 0.717) is 0 Å². The molecule has 0 N–H and O–H groups in total. The molecule has 0 aromatic carbocycles. The lowest BCUT2D eigenvalue weighted by Crippen LogP contribution is -2.26. The maximum Gasteiger partial charge on any atom is 0.328 e. The van der Waals surface area contributed by atoms with Crippen LogP contribution in [0.2, 0.25) is 0 Å². The summed E-state index contributed by atoms with van der Waals surface area (Å²) in [5.41, 5.74) is 0.147. The Morgan fingerprint density at radius 1 is 1.06 bits per heavy atom. The van der Waals surface area contributed by atoms with E-state index in [9.17, 15) is 4.79 Å². The van der Waals surface area contributed by atoms with Gasteiger partial charge in [-0.25, -0.2) is 4.79 Å². The third-order valence-corrected chi connectivity index (χ3v) is 3.45. The van der Waals surface area contributed by atoms with Crippen molar-refractivity contribution in [3.8, 4) is 0 Å². The first kappa shape index (κ1) is 12.4. The molecule has 1 aromatic heterocycles. The van der Waals surface area contributed by atoms with Gasteiger partial charge in [-0.1, -0.05) is 6.92 Å². The molecule has 1 aliphatic rings. The van der Waals surface area contributed by atoms with Gasteiger partial charge in [0.05, 0.1) is 0 Å². The van der Waals surface area contributed by atoms with Crippen LogP contribution in [0.4, 0.5) is 0 Å². The molecule has 4 heteroatoms. The summed E-state index contributed by atoms with van der Waals surface area (Å²) in [6.45, 7) is 7.39. The number of imidazole rings is 1. The zero-order chi connectivity index (χ0) is 12.1. The van der Waals surface area contributed by atoms with Crippen LogP contribution >= 0.6 is 0 Å². The Hall–Kier alpha value is -1.03.